The Morgan fingerprint density at radius 3 is 2.42 bits per heavy atom. The normalized spacial score (nSPS) is 22.0. The summed E-state index contributed by atoms with van der Waals surface area (Å²) in [6.45, 7) is 5.49. The number of likely N-dealkylation sites (N-methyl/N-ethyl adjacent to an activating group) is 1. The van der Waals surface area contributed by atoms with E-state index in [0.717, 1.165) is 38.0 Å². The van der Waals surface area contributed by atoms with Crippen LogP contribution in [-0.2, 0) is 4.79 Å². The number of rotatable bonds is 4. The van der Waals surface area contributed by atoms with Crippen LogP contribution in [0.4, 0.5) is 5.69 Å². The van der Waals surface area contributed by atoms with E-state index in [-0.39, 0.29) is 17.4 Å². The van der Waals surface area contributed by atoms with Crippen LogP contribution in [0.5, 0.6) is 0 Å². The molecule has 1 saturated carbocycles. The van der Waals surface area contributed by atoms with Gasteiger partial charge in [0.15, 0.2) is 0 Å². The van der Waals surface area contributed by atoms with Gasteiger partial charge >= 0.3 is 0 Å². The third-order valence-electron chi connectivity index (χ3n) is 6.19. The second kappa shape index (κ2) is 7.78. The third-order valence-corrected chi connectivity index (χ3v) is 6.19. The summed E-state index contributed by atoms with van der Waals surface area (Å²) in [5.41, 5.74) is 1.47. The van der Waals surface area contributed by atoms with Crippen LogP contribution in [0.3, 0.4) is 0 Å². The van der Waals surface area contributed by atoms with Gasteiger partial charge in [0.1, 0.15) is 0 Å². The SMILES string of the molecule is CCN(C)C1CN(C(=O)c2ccc(NC(C)=O)cc2)C2(CCCCC2)C1. The van der Waals surface area contributed by atoms with Crippen molar-refractivity contribution in [1.82, 2.24) is 9.80 Å². The maximum atomic E-state index is 13.3. The van der Waals surface area contributed by atoms with E-state index in [2.05, 4.69) is 29.1 Å². The number of likely N-dealkylation sites (tertiary alicyclic amines) is 1. The predicted molar refractivity (Wildman–Crippen MR) is 104 cm³/mol. The number of amides is 2. The molecule has 1 unspecified atom stereocenters. The molecule has 1 aliphatic carbocycles. The number of hydrogen-bond donors (Lipinski definition) is 1. The van der Waals surface area contributed by atoms with Crippen molar-refractivity contribution >= 4 is 17.5 Å². The molecule has 1 atom stereocenters. The molecule has 0 bridgehead atoms. The van der Waals surface area contributed by atoms with Crippen LogP contribution in [0.2, 0.25) is 0 Å². The van der Waals surface area contributed by atoms with Gasteiger partial charge in [0.25, 0.3) is 5.91 Å². The summed E-state index contributed by atoms with van der Waals surface area (Å²) in [5, 5.41) is 2.76. The number of benzene rings is 1. The molecular formula is C21H31N3O2. The molecule has 1 spiro atoms. The summed E-state index contributed by atoms with van der Waals surface area (Å²) in [5.74, 6) is 0.0310. The van der Waals surface area contributed by atoms with E-state index in [4.69, 9.17) is 0 Å². The van der Waals surface area contributed by atoms with Crippen LogP contribution in [0, 0.1) is 0 Å². The van der Waals surface area contributed by atoms with Gasteiger partial charge in [0.2, 0.25) is 5.91 Å². The van der Waals surface area contributed by atoms with E-state index < -0.39 is 0 Å². The summed E-state index contributed by atoms with van der Waals surface area (Å²) in [7, 11) is 2.16. The van der Waals surface area contributed by atoms with E-state index in [1.807, 2.05) is 24.3 Å². The Morgan fingerprint density at radius 1 is 1.19 bits per heavy atom. The highest BCUT2D eigenvalue weighted by Crippen LogP contribution is 2.43. The molecule has 2 fully saturated rings. The lowest BCUT2D eigenvalue weighted by Gasteiger charge is -2.41. The van der Waals surface area contributed by atoms with Crippen LogP contribution >= 0.6 is 0 Å². The number of carbonyl (C=O) groups is 2. The summed E-state index contributed by atoms with van der Waals surface area (Å²) in [4.78, 5) is 29.1. The molecule has 142 valence electrons. The summed E-state index contributed by atoms with van der Waals surface area (Å²) in [6, 6.07) is 7.74. The molecule has 26 heavy (non-hydrogen) atoms. The summed E-state index contributed by atoms with van der Waals surface area (Å²) < 4.78 is 0. The smallest absolute Gasteiger partial charge is 0.254 e. The van der Waals surface area contributed by atoms with Crippen molar-refractivity contribution in [2.75, 3.05) is 25.5 Å². The lowest BCUT2D eigenvalue weighted by atomic mass is 9.79. The first kappa shape index (κ1) is 18.9. The molecule has 1 aromatic rings. The average Bonchev–Trinajstić information content (AvgIpc) is 3.00. The largest absolute Gasteiger partial charge is 0.331 e. The molecule has 2 amide bonds. The molecule has 1 aromatic carbocycles. The van der Waals surface area contributed by atoms with Crippen molar-refractivity contribution < 1.29 is 9.59 Å². The van der Waals surface area contributed by atoms with Gasteiger partial charge in [-0.3, -0.25) is 9.59 Å². The van der Waals surface area contributed by atoms with Crippen molar-refractivity contribution in [1.29, 1.82) is 0 Å². The molecule has 1 N–H and O–H groups in total. The fourth-order valence-electron chi connectivity index (χ4n) is 4.61. The summed E-state index contributed by atoms with van der Waals surface area (Å²) in [6.07, 6.45) is 7.05. The Labute approximate surface area is 156 Å². The van der Waals surface area contributed by atoms with Gasteiger partial charge in [-0.15, -0.1) is 0 Å². The highest BCUT2D eigenvalue weighted by atomic mass is 16.2. The van der Waals surface area contributed by atoms with E-state index in [9.17, 15) is 9.59 Å². The van der Waals surface area contributed by atoms with Crippen molar-refractivity contribution in [2.24, 2.45) is 0 Å². The fourth-order valence-corrected chi connectivity index (χ4v) is 4.61. The van der Waals surface area contributed by atoms with Crippen LogP contribution in [-0.4, -0.2) is 53.3 Å². The highest BCUT2D eigenvalue weighted by molar-refractivity contribution is 5.96. The Balaban J connectivity index is 1.82. The van der Waals surface area contributed by atoms with Gasteiger partial charge in [0, 0.05) is 36.3 Å². The first-order valence-electron chi connectivity index (χ1n) is 9.85. The fraction of sp³-hybridized carbons (Fsp3) is 0.619. The monoisotopic (exact) mass is 357 g/mol. The molecule has 0 radical (unpaired) electrons. The Morgan fingerprint density at radius 2 is 1.85 bits per heavy atom. The number of nitrogens with zero attached hydrogens (tertiary/aromatic N) is 2. The Bertz CT molecular complexity index is 650. The minimum absolute atomic E-state index is 0.0275. The zero-order chi connectivity index (χ0) is 18.7. The van der Waals surface area contributed by atoms with Gasteiger partial charge < -0.3 is 15.1 Å². The maximum absolute atomic E-state index is 13.3. The third kappa shape index (κ3) is 3.78. The number of anilines is 1. The predicted octanol–water partition coefficient (Wildman–Crippen LogP) is 3.51. The Kier molecular flexibility index (Phi) is 5.66. The average molecular weight is 357 g/mol. The number of hydrogen-bond acceptors (Lipinski definition) is 3. The second-order valence-corrected chi connectivity index (χ2v) is 7.89. The molecule has 5 nitrogen and oxygen atoms in total. The molecule has 3 rings (SSSR count). The minimum Gasteiger partial charge on any atom is -0.331 e. The van der Waals surface area contributed by atoms with Gasteiger partial charge in [-0.05, 0) is 57.1 Å². The van der Waals surface area contributed by atoms with E-state index in [1.54, 1.807) is 0 Å². The highest BCUT2D eigenvalue weighted by Gasteiger charge is 2.48. The molecule has 1 aliphatic heterocycles. The molecule has 1 heterocycles. The zero-order valence-electron chi connectivity index (χ0n) is 16.3. The standard InChI is InChI=1S/C21H31N3O2/c1-4-23(3)19-14-21(12-6-5-7-13-21)24(15-19)20(26)17-8-10-18(11-9-17)22-16(2)25/h8-11,19H,4-7,12-15H2,1-3H3,(H,22,25). The van der Waals surface area contributed by atoms with Crippen molar-refractivity contribution in [3.8, 4) is 0 Å². The van der Waals surface area contributed by atoms with E-state index in [0.29, 0.717) is 11.6 Å². The maximum Gasteiger partial charge on any atom is 0.254 e. The topological polar surface area (TPSA) is 52.6 Å². The molecule has 5 heteroatoms. The lowest BCUT2D eigenvalue weighted by molar-refractivity contribution is -0.114. The number of nitrogens with one attached hydrogen (secondary N) is 1. The van der Waals surface area contributed by atoms with Gasteiger partial charge in [-0.1, -0.05) is 26.2 Å². The van der Waals surface area contributed by atoms with Crippen LogP contribution in [0.15, 0.2) is 24.3 Å². The molecular weight excluding hydrogens is 326 g/mol. The van der Waals surface area contributed by atoms with Crippen LogP contribution < -0.4 is 5.32 Å². The van der Waals surface area contributed by atoms with Gasteiger partial charge in [-0.2, -0.15) is 0 Å². The van der Waals surface area contributed by atoms with Crippen LogP contribution in [0.25, 0.3) is 0 Å². The Hall–Kier alpha value is -1.88. The zero-order valence-corrected chi connectivity index (χ0v) is 16.3. The minimum atomic E-state index is -0.102. The van der Waals surface area contributed by atoms with Crippen molar-refractivity contribution in [2.45, 2.75) is 64.0 Å². The number of carbonyl (C=O) groups excluding carboxylic acids is 2. The first-order chi connectivity index (χ1) is 12.4. The van der Waals surface area contributed by atoms with Crippen molar-refractivity contribution in [3.63, 3.8) is 0 Å². The van der Waals surface area contributed by atoms with E-state index in [1.165, 1.54) is 26.2 Å². The molecule has 0 aromatic heterocycles. The van der Waals surface area contributed by atoms with Gasteiger partial charge in [0.05, 0.1) is 0 Å². The quantitative estimate of drug-likeness (QED) is 0.897. The molecule has 1 saturated heterocycles. The second-order valence-electron chi connectivity index (χ2n) is 7.89. The van der Waals surface area contributed by atoms with Crippen LogP contribution in [0.1, 0.15) is 62.7 Å². The lowest BCUT2D eigenvalue weighted by Crippen LogP contribution is -2.48. The first-order valence-corrected chi connectivity index (χ1v) is 9.85. The van der Waals surface area contributed by atoms with Gasteiger partial charge in [-0.25, -0.2) is 0 Å². The van der Waals surface area contributed by atoms with Crippen molar-refractivity contribution in [3.05, 3.63) is 29.8 Å². The van der Waals surface area contributed by atoms with E-state index >= 15 is 0 Å². The molecule has 2 aliphatic rings. The summed E-state index contributed by atoms with van der Waals surface area (Å²) >= 11 is 0.